The third-order valence-corrected chi connectivity index (χ3v) is 3.70. The van der Waals surface area contributed by atoms with Crippen LogP contribution in [-0.4, -0.2) is 15.9 Å². The van der Waals surface area contributed by atoms with Gasteiger partial charge in [0.2, 0.25) is 5.89 Å². The van der Waals surface area contributed by atoms with Crippen molar-refractivity contribution in [3.05, 3.63) is 66.2 Å². The molecule has 23 heavy (non-hydrogen) atoms. The smallest absolute Gasteiger partial charge is 0.310 e. The van der Waals surface area contributed by atoms with Gasteiger partial charge in [-0.3, -0.25) is 4.79 Å². The van der Waals surface area contributed by atoms with Crippen molar-refractivity contribution >= 4 is 28.0 Å². The summed E-state index contributed by atoms with van der Waals surface area (Å²) in [7, 11) is 0. The molecule has 114 valence electrons. The fourth-order valence-electron chi connectivity index (χ4n) is 2.61. The Hall–Kier alpha value is -3.08. The van der Waals surface area contributed by atoms with Gasteiger partial charge in [-0.15, -0.1) is 0 Å². The first-order chi connectivity index (χ1) is 11.3. The summed E-state index contributed by atoms with van der Waals surface area (Å²) in [6, 6.07) is 15.3. The molecule has 0 aliphatic carbocycles. The van der Waals surface area contributed by atoms with Gasteiger partial charge >= 0.3 is 5.97 Å². The molecule has 0 aliphatic rings. The number of para-hydroxylation sites is 3. The third-order valence-electron chi connectivity index (χ3n) is 3.70. The van der Waals surface area contributed by atoms with Gasteiger partial charge in [0.25, 0.3) is 0 Å². The van der Waals surface area contributed by atoms with Gasteiger partial charge in [-0.2, -0.15) is 0 Å². The molecule has 4 aromatic rings. The number of nitrogens with one attached hydrogen (secondary N) is 1. The number of hydrogen-bond donors (Lipinski definition) is 1. The predicted molar refractivity (Wildman–Crippen MR) is 85.8 cm³/mol. The maximum absolute atomic E-state index is 12.0. The first-order valence-electron chi connectivity index (χ1n) is 7.35. The highest BCUT2D eigenvalue weighted by atomic mass is 16.5. The van der Waals surface area contributed by atoms with Crippen LogP contribution in [0.4, 0.5) is 0 Å². The van der Waals surface area contributed by atoms with Gasteiger partial charge in [0.15, 0.2) is 12.2 Å². The van der Waals surface area contributed by atoms with E-state index < -0.39 is 0 Å². The largest absolute Gasteiger partial charge is 0.455 e. The summed E-state index contributed by atoms with van der Waals surface area (Å²) in [6.07, 6.45) is 2.05. The zero-order valence-corrected chi connectivity index (χ0v) is 12.3. The van der Waals surface area contributed by atoms with E-state index >= 15 is 0 Å². The number of rotatable bonds is 4. The van der Waals surface area contributed by atoms with Gasteiger partial charge in [0.1, 0.15) is 5.52 Å². The van der Waals surface area contributed by atoms with Crippen LogP contribution in [0.3, 0.4) is 0 Å². The van der Waals surface area contributed by atoms with Crippen LogP contribution in [-0.2, 0) is 22.6 Å². The zero-order chi connectivity index (χ0) is 15.6. The highest BCUT2D eigenvalue weighted by Crippen LogP contribution is 2.19. The molecule has 5 heteroatoms. The molecular weight excluding hydrogens is 292 g/mol. The van der Waals surface area contributed by atoms with Gasteiger partial charge in [-0.1, -0.05) is 30.3 Å². The molecule has 2 aromatic carbocycles. The second-order valence-electron chi connectivity index (χ2n) is 5.27. The third kappa shape index (κ3) is 2.68. The molecule has 0 fully saturated rings. The molecule has 0 radical (unpaired) electrons. The number of carbonyl (C=O) groups excluding carboxylic acids is 1. The average Bonchev–Trinajstić information content (AvgIpc) is 3.17. The maximum Gasteiger partial charge on any atom is 0.310 e. The first kappa shape index (κ1) is 13.6. The van der Waals surface area contributed by atoms with Crippen LogP contribution in [0.2, 0.25) is 0 Å². The summed E-state index contributed by atoms with van der Waals surface area (Å²) in [5.74, 6) is 0.0930. The topological polar surface area (TPSA) is 68.1 Å². The molecule has 0 atom stereocenters. The summed E-state index contributed by atoms with van der Waals surface area (Å²) in [5.41, 5.74) is 3.38. The average molecular weight is 306 g/mol. The predicted octanol–water partition coefficient (Wildman–Crippen LogP) is 3.60. The lowest BCUT2D eigenvalue weighted by Crippen LogP contribution is -2.07. The Morgan fingerprint density at radius 1 is 1.13 bits per heavy atom. The Bertz CT molecular complexity index is 951. The number of aromatic amines is 1. The maximum atomic E-state index is 12.0. The Labute approximate surface area is 131 Å². The van der Waals surface area contributed by atoms with Crippen molar-refractivity contribution in [1.82, 2.24) is 9.97 Å². The molecule has 0 unspecified atom stereocenters. The molecule has 0 saturated heterocycles. The standard InChI is InChI=1S/C18H14N2O3/c21-18(9-12-10-19-14-6-2-1-5-13(12)14)22-11-17-20-15-7-3-4-8-16(15)23-17/h1-8,10,19H,9,11H2. The second kappa shape index (κ2) is 5.61. The molecule has 2 aromatic heterocycles. The Kier molecular flexibility index (Phi) is 3.31. The molecule has 0 amide bonds. The summed E-state index contributed by atoms with van der Waals surface area (Å²) in [6.45, 7) is 0.0376. The van der Waals surface area contributed by atoms with Crippen molar-refractivity contribution in [2.75, 3.05) is 0 Å². The molecule has 0 aliphatic heterocycles. The van der Waals surface area contributed by atoms with E-state index in [1.54, 1.807) is 0 Å². The number of fused-ring (bicyclic) bond motifs is 2. The van der Waals surface area contributed by atoms with Crippen LogP contribution in [0.5, 0.6) is 0 Å². The summed E-state index contributed by atoms with van der Waals surface area (Å²) >= 11 is 0. The summed E-state index contributed by atoms with van der Waals surface area (Å²) in [5, 5.41) is 1.03. The van der Waals surface area contributed by atoms with Crippen molar-refractivity contribution in [2.24, 2.45) is 0 Å². The van der Waals surface area contributed by atoms with E-state index in [2.05, 4.69) is 9.97 Å². The lowest BCUT2D eigenvalue weighted by atomic mass is 10.1. The van der Waals surface area contributed by atoms with E-state index in [1.807, 2.05) is 54.7 Å². The number of carbonyl (C=O) groups is 1. The SMILES string of the molecule is O=C(Cc1c[nH]c2ccccc12)OCc1nc2ccccc2o1. The van der Waals surface area contributed by atoms with E-state index in [0.717, 1.165) is 22.0 Å². The fraction of sp³-hybridized carbons (Fsp3) is 0.111. The molecule has 0 spiro atoms. The normalized spacial score (nSPS) is 11.1. The first-order valence-corrected chi connectivity index (χ1v) is 7.35. The summed E-state index contributed by atoms with van der Waals surface area (Å²) in [4.78, 5) is 19.5. The molecule has 0 saturated carbocycles. The number of esters is 1. The second-order valence-corrected chi connectivity index (χ2v) is 5.27. The van der Waals surface area contributed by atoms with Crippen LogP contribution in [0.25, 0.3) is 22.0 Å². The molecule has 0 bridgehead atoms. The van der Waals surface area contributed by atoms with Gasteiger partial charge in [0.05, 0.1) is 6.42 Å². The number of aromatic nitrogens is 2. The minimum Gasteiger partial charge on any atom is -0.455 e. The van der Waals surface area contributed by atoms with Gasteiger partial charge in [-0.25, -0.2) is 4.98 Å². The highest BCUT2D eigenvalue weighted by molar-refractivity contribution is 5.87. The van der Waals surface area contributed by atoms with E-state index in [4.69, 9.17) is 9.15 Å². The lowest BCUT2D eigenvalue weighted by molar-refractivity contribution is -0.144. The fourth-order valence-corrected chi connectivity index (χ4v) is 2.61. The monoisotopic (exact) mass is 306 g/mol. The number of hydrogen-bond acceptors (Lipinski definition) is 4. The van der Waals surface area contributed by atoms with Crippen LogP contribution >= 0.6 is 0 Å². The van der Waals surface area contributed by atoms with Crippen LogP contribution in [0.15, 0.2) is 59.1 Å². The van der Waals surface area contributed by atoms with E-state index in [9.17, 15) is 4.79 Å². The Morgan fingerprint density at radius 2 is 1.96 bits per heavy atom. The highest BCUT2D eigenvalue weighted by Gasteiger charge is 2.12. The Balaban J connectivity index is 1.43. The minimum absolute atomic E-state index is 0.0376. The number of nitrogens with zero attached hydrogens (tertiary/aromatic N) is 1. The van der Waals surface area contributed by atoms with Crippen molar-refractivity contribution in [2.45, 2.75) is 13.0 Å². The van der Waals surface area contributed by atoms with Gasteiger partial charge < -0.3 is 14.1 Å². The molecule has 4 rings (SSSR count). The van der Waals surface area contributed by atoms with Crippen LogP contribution in [0, 0.1) is 0 Å². The van der Waals surface area contributed by atoms with Crippen molar-refractivity contribution in [3.8, 4) is 0 Å². The number of H-pyrrole nitrogens is 1. The van der Waals surface area contributed by atoms with Crippen LogP contribution in [0.1, 0.15) is 11.5 Å². The van der Waals surface area contributed by atoms with E-state index in [-0.39, 0.29) is 19.0 Å². The van der Waals surface area contributed by atoms with Crippen molar-refractivity contribution < 1.29 is 13.9 Å². The van der Waals surface area contributed by atoms with Crippen LogP contribution < -0.4 is 0 Å². The van der Waals surface area contributed by atoms with Gasteiger partial charge in [-0.05, 0) is 23.8 Å². The number of oxazole rings is 1. The zero-order valence-electron chi connectivity index (χ0n) is 12.3. The van der Waals surface area contributed by atoms with E-state index in [1.165, 1.54) is 0 Å². The van der Waals surface area contributed by atoms with Crippen molar-refractivity contribution in [1.29, 1.82) is 0 Å². The molecule has 1 N–H and O–H groups in total. The molecule has 2 heterocycles. The van der Waals surface area contributed by atoms with E-state index in [0.29, 0.717) is 11.5 Å². The molecular formula is C18H14N2O3. The minimum atomic E-state index is -0.308. The number of ether oxygens (including phenoxy) is 1. The molecule has 5 nitrogen and oxygen atoms in total. The van der Waals surface area contributed by atoms with Gasteiger partial charge in [0, 0.05) is 17.1 Å². The lowest BCUT2D eigenvalue weighted by Gasteiger charge is -2.01. The van der Waals surface area contributed by atoms with Crippen molar-refractivity contribution in [3.63, 3.8) is 0 Å². The Morgan fingerprint density at radius 3 is 2.87 bits per heavy atom. The summed E-state index contributed by atoms with van der Waals surface area (Å²) < 4.78 is 10.8. The quantitative estimate of drug-likeness (QED) is 0.585. The number of benzene rings is 2.